The molecule has 0 spiro atoms. The van der Waals surface area contributed by atoms with E-state index in [0.29, 0.717) is 12.0 Å². The monoisotopic (exact) mass is 201 g/mol. The minimum absolute atomic E-state index is 0.542. The molecule has 2 rings (SSSR count). The number of rotatable bonds is 2. The van der Waals surface area contributed by atoms with Gasteiger partial charge >= 0.3 is 0 Å². The van der Waals surface area contributed by atoms with E-state index in [1.165, 1.54) is 16.3 Å². The summed E-state index contributed by atoms with van der Waals surface area (Å²) in [6, 6.07) is 7.31. The van der Waals surface area contributed by atoms with E-state index in [1.807, 2.05) is 0 Å². The fraction of sp³-hybridized carbons (Fsp3) is 0.429. The lowest BCUT2D eigenvalue weighted by atomic mass is 10.0. The largest absolute Gasteiger partial charge is 0.351 e. The highest BCUT2D eigenvalue weighted by molar-refractivity contribution is 5.83. The Balaban J connectivity index is 2.52. The maximum absolute atomic E-state index is 2.30. The maximum Gasteiger partial charge on any atom is 0.0274 e. The van der Waals surface area contributed by atoms with Gasteiger partial charge in [-0.1, -0.05) is 26.0 Å². The zero-order valence-electron chi connectivity index (χ0n) is 9.99. The third kappa shape index (κ3) is 1.92. The summed E-state index contributed by atoms with van der Waals surface area (Å²) in [6.45, 7) is 8.89. The lowest BCUT2D eigenvalue weighted by Gasteiger charge is -2.04. The van der Waals surface area contributed by atoms with Crippen LogP contribution in [0.5, 0.6) is 0 Å². The number of hydrogen-bond acceptors (Lipinski definition) is 0. The van der Waals surface area contributed by atoms with E-state index in [9.17, 15) is 0 Å². The molecule has 0 N–H and O–H groups in total. The van der Waals surface area contributed by atoms with Gasteiger partial charge in [0, 0.05) is 18.4 Å². The Morgan fingerprint density at radius 3 is 2.20 bits per heavy atom. The van der Waals surface area contributed by atoms with Crippen LogP contribution in [0, 0.1) is 0 Å². The second-order valence-corrected chi connectivity index (χ2v) is 4.84. The second kappa shape index (κ2) is 3.73. The summed E-state index contributed by atoms with van der Waals surface area (Å²) >= 11 is 0. The molecule has 0 saturated carbocycles. The summed E-state index contributed by atoms with van der Waals surface area (Å²) in [5, 5.41) is 2.70. The van der Waals surface area contributed by atoms with E-state index in [0.717, 1.165) is 0 Å². The van der Waals surface area contributed by atoms with E-state index in [4.69, 9.17) is 0 Å². The maximum atomic E-state index is 2.30. The fourth-order valence-corrected chi connectivity index (χ4v) is 1.84. The Hall–Kier alpha value is -1.24. The predicted octanol–water partition coefficient (Wildman–Crippen LogP) is 4.35. The van der Waals surface area contributed by atoms with Crippen LogP contribution >= 0.6 is 0 Å². The average Bonchev–Trinajstić information content (AvgIpc) is 2.59. The van der Waals surface area contributed by atoms with Crippen molar-refractivity contribution in [1.29, 1.82) is 0 Å². The smallest absolute Gasteiger partial charge is 0.0274 e. The molecule has 0 fully saturated rings. The van der Waals surface area contributed by atoms with Gasteiger partial charge in [-0.25, -0.2) is 0 Å². The van der Waals surface area contributed by atoms with Crippen molar-refractivity contribution in [3.05, 3.63) is 36.2 Å². The normalized spacial score (nSPS) is 11.9. The lowest BCUT2D eigenvalue weighted by molar-refractivity contribution is 0.606. The van der Waals surface area contributed by atoms with Crippen LogP contribution in [-0.4, -0.2) is 4.57 Å². The molecule has 1 aromatic heterocycles. The zero-order valence-corrected chi connectivity index (χ0v) is 9.99. The van der Waals surface area contributed by atoms with Gasteiger partial charge in [-0.05, 0) is 42.2 Å². The molecule has 80 valence electrons. The molecular formula is C14H19N. The van der Waals surface area contributed by atoms with Gasteiger partial charge in [0.25, 0.3) is 0 Å². The fourth-order valence-electron chi connectivity index (χ4n) is 1.84. The van der Waals surface area contributed by atoms with Crippen LogP contribution in [0.3, 0.4) is 0 Å². The van der Waals surface area contributed by atoms with Crippen LogP contribution in [0.2, 0.25) is 0 Å². The number of nitrogens with zero attached hydrogens (tertiary/aromatic N) is 1. The van der Waals surface area contributed by atoms with Gasteiger partial charge in [0.2, 0.25) is 0 Å². The Kier molecular flexibility index (Phi) is 2.56. The summed E-state index contributed by atoms with van der Waals surface area (Å²) in [5.41, 5.74) is 1.42. The molecule has 15 heavy (non-hydrogen) atoms. The zero-order chi connectivity index (χ0) is 11.0. The standard InChI is InChI=1S/C14H19N/c1-10(2)12-5-6-13-8-15(11(3)4)9-14(13)7-12/h5-11H,1-4H3. The van der Waals surface area contributed by atoms with Gasteiger partial charge in [0.05, 0.1) is 0 Å². The Morgan fingerprint density at radius 1 is 0.933 bits per heavy atom. The van der Waals surface area contributed by atoms with Crippen molar-refractivity contribution in [2.75, 3.05) is 0 Å². The molecule has 0 saturated heterocycles. The van der Waals surface area contributed by atoms with Crippen molar-refractivity contribution < 1.29 is 0 Å². The van der Waals surface area contributed by atoms with Crippen molar-refractivity contribution in [2.45, 2.75) is 39.7 Å². The van der Waals surface area contributed by atoms with Crippen molar-refractivity contribution in [3.63, 3.8) is 0 Å². The first-order valence-corrected chi connectivity index (χ1v) is 5.69. The van der Waals surface area contributed by atoms with E-state index < -0.39 is 0 Å². The molecule has 0 aliphatic rings. The highest BCUT2D eigenvalue weighted by Gasteiger charge is 2.04. The van der Waals surface area contributed by atoms with Gasteiger partial charge in [0.1, 0.15) is 0 Å². The Bertz CT molecular complexity index is 457. The van der Waals surface area contributed by atoms with Crippen molar-refractivity contribution in [2.24, 2.45) is 0 Å². The molecule has 1 nitrogen and oxygen atoms in total. The van der Waals surface area contributed by atoms with Crippen molar-refractivity contribution in [3.8, 4) is 0 Å². The third-order valence-corrected chi connectivity index (χ3v) is 2.95. The first kappa shape index (κ1) is 10.3. The molecule has 1 heteroatoms. The van der Waals surface area contributed by atoms with E-state index >= 15 is 0 Å². The van der Waals surface area contributed by atoms with Crippen molar-refractivity contribution >= 4 is 10.8 Å². The molecule has 0 aliphatic heterocycles. The van der Waals surface area contributed by atoms with Crippen molar-refractivity contribution in [1.82, 2.24) is 4.57 Å². The topological polar surface area (TPSA) is 4.93 Å². The Labute approximate surface area is 91.7 Å². The highest BCUT2D eigenvalue weighted by Crippen LogP contribution is 2.23. The summed E-state index contributed by atoms with van der Waals surface area (Å²) in [4.78, 5) is 0. The van der Waals surface area contributed by atoms with Gasteiger partial charge in [-0.3, -0.25) is 0 Å². The van der Waals surface area contributed by atoms with E-state index in [2.05, 4.69) is 62.9 Å². The second-order valence-electron chi connectivity index (χ2n) is 4.84. The Morgan fingerprint density at radius 2 is 1.60 bits per heavy atom. The molecule has 0 unspecified atom stereocenters. The number of benzene rings is 1. The molecule has 0 bridgehead atoms. The van der Waals surface area contributed by atoms with Gasteiger partial charge in [-0.2, -0.15) is 0 Å². The molecule has 0 radical (unpaired) electrons. The quantitative estimate of drug-likeness (QED) is 0.681. The van der Waals surface area contributed by atoms with Crippen LogP contribution in [0.1, 0.15) is 45.2 Å². The molecule has 0 amide bonds. The minimum Gasteiger partial charge on any atom is -0.351 e. The van der Waals surface area contributed by atoms with Crippen LogP contribution in [0.25, 0.3) is 10.8 Å². The summed E-state index contributed by atoms with van der Waals surface area (Å²) in [7, 11) is 0. The number of aromatic nitrogens is 1. The summed E-state index contributed by atoms with van der Waals surface area (Å²) < 4.78 is 2.27. The first-order chi connectivity index (χ1) is 7.08. The first-order valence-electron chi connectivity index (χ1n) is 5.69. The van der Waals surface area contributed by atoms with Gasteiger partial charge in [-0.15, -0.1) is 0 Å². The molecule has 0 atom stereocenters. The molecule has 1 aromatic carbocycles. The predicted molar refractivity (Wildman–Crippen MR) is 66.4 cm³/mol. The minimum atomic E-state index is 0.542. The van der Waals surface area contributed by atoms with Crippen LogP contribution < -0.4 is 0 Å². The molecular weight excluding hydrogens is 182 g/mol. The number of fused-ring (bicyclic) bond motifs is 1. The molecule has 2 aromatic rings. The molecule has 0 aliphatic carbocycles. The number of hydrogen-bond donors (Lipinski definition) is 0. The highest BCUT2D eigenvalue weighted by atomic mass is 15.0. The van der Waals surface area contributed by atoms with E-state index in [1.54, 1.807) is 0 Å². The summed E-state index contributed by atoms with van der Waals surface area (Å²) in [6.07, 6.45) is 4.47. The SMILES string of the molecule is CC(C)c1ccc2cn(C(C)C)cc2c1. The van der Waals surface area contributed by atoms with Crippen LogP contribution in [0.4, 0.5) is 0 Å². The average molecular weight is 201 g/mol. The molecule has 1 heterocycles. The van der Waals surface area contributed by atoms with E-state index in [-0.39, 0.29) is 0 Å². The third-order valence-electron chi connectivity index (χ3n) is 2.95. The van der Waals surface area contributed by atoms with Gasteiger partial charge in [0.15, 0.2) is 0 Å². The van der Waals surface area contributed by atoms with Crippen LogP contribution in [0.15, 0.2) is 30.6 Å². The van der Waals surface area contributed by atoms with Gasteiger partial charge < -0.3 is 4.57 Å². The summed E-state index contributed by atoms with van der Waals surface area (Å²) in [5.74, 6) is 0.608. The van der Waals surface area contributed by atoms with Crippen LogP contribution in [-0.2, 0) is 0 Å². The lowest BCUT2D eigenvalue weighted by Crippen LogP contribution is -1.94.